The Labute approximate surface area is 185 Å². The number of ether oxygens (including phenoxy) is 1. The number of rotatable bonds is 7. The average molecular weight is 466 g/mol. The van der Waals surface area contributed by atoms with E-state index in [1.54, 1.807) is 12.1 Å². The molecule has 0 saturated heterocycles. The number of alkyl halides is 3. The van der Waals surface area contributed by atoms with Crippen LogP contribution in [0.5, 0.6) is 0 Å². The highest BCUT2D eigenvalue weighted by Crippen LogP contribution is 2.49. The number of benzene rings is 1. The fraction of sp³-hybridized carbons (Fsp3) is 0.238. The van der Waals surface area contributed by atoms with E-state index in [2.05, 4.69) is 39.1 Å². The highest BCUT2D eigenvalue weighted by atomic mass is 19.4. The quantitative estimate of drug-likeness (QED) is 0.358. The largest absolute Gasteiger partial charge is 0.436 e. The van der Waals surface area contributed by atoms with Crippen molar-refractivity contribution in [2.45, 2.75) is 11.8 Å². The molecule has 3 heterocycles. The fourth-order valence-electron chi connectivity index (χ4n) is 3.64. The van der Waals surface area contributed by atoms with E-state index >= 15 is 0 Å². The van der Waals surface area contributed by atoms with E-state index < -0.39 is 34.7 Å². The summed E-state index contributed by atoms with van der Waals surface area (Å²) in [5, 5.41) is 7.78. The molecular formula is C21H19F5N6O. The molecule has 3 N–H and O–H groups in total. The first-order chi connectivity index (χ1) is 15.6. The minimum Gasteiger partial charge on any atom is -0.383 e. The van der Waals surface area contributed by atoms with Crippen LogP contribution in [0.4, 0.5) is 33.7 Å². The molecule has 0 amide bonds. The van der Waals surface area contributed by atoms with Gasteiger partial charge in [0, 0.05) is 13.7 Å². The number of imidazole rings is 1. The first kappa shape index (κ1) is 22.5. The molecule has 0 aliphatic carbocycles. The molecule has 1 aromatic carbocycles. The molecule has 12 heteroatoms. The number of hydrogen-bond donors (Lipinski definition) is 3. The minimum absolute atomic E-state index is 0.129. The van der Waals surface area contributed by atoms with Crippen LogP contribution in [-0.2, 0) is 10.4 Å². The number of halogens is 5. The Hall–Kier alpha value is -3.67. The third-order valence-electron chi connectivity index (χ3n) is 5.17. The van der Waals surface area contributed by atoms with Crippen molar-refractivity contribution < 1.29 is 26.7 Å². The number of aromatic nitrogens is 3. The van der Waals surface area contributed by atoms with E-state index in [9.17, 15) is 22.0 Å². The van der Waals surface area contributed by atoms with Gasteiger partial charge in [0.1, 0.15) is 11.3 Å². The van der Waals surface area contributed by atoms with Crippen LogP contribution in [0.2, 0.25) is 0 Å². The van der Waals surface area contributed by atoms with E-state index in [0.29, 0.717) is 23.5 Å². The van der Waals surface area contributed by atoms with Gasteiger partial charge in [-0.1, -0.05) is 19.2 Å². The van der Waals surface area contributed by atoms with Crippen molar-refractivity contribution in [3.63, 3.8) is 0 Å². The van der Waals surface area contributed by atoms with Gasteiger partial charge in [-0.3, -0.25) is 4.57 Å². The predicted molar refractivity (Wildman–Crippen MR) is 113 cm³/mol. The molecule has 4 rings (SSSR count). The highest BCUT2D eigenvalue weighted by molar-refractivity contribution is 5.82. The highest BCUT2D eigenvalue weighted by Gasteiger charge is 2.63. The average Bonchev–Trinajstić information content (AvgIpc) is 3.25. The Morgan fingerprint density at radius 1 is 1.21 bits per heavy atom. The van der Waals surface area contributed by atoms with E-state index in [1.165, 1.54) is 13.2 Å². The predicted octanol–water partition coefficient (Wildman–Crippen LogP) is 4.18. The van der Waals surface area contributed by atoms with Gasteiger partial charge in [0.2, 0.25) is 5.95 Å². The number of methoxy groups -OCH3 is 1. The lowest BCUT2D eigenvalue weighted by atomic mass is 10.1. The number of anilines is 2. The second kappa shape index (κ2) is 8.03. The first-order valence-electron chi connectivity index (χ1n) is 9.67. The molecule has 3 aromatic rings. The summed E-state index contributed by atoms with van der Waals surface area (Å²) >= 11 is 0. The third kappa shape index (κ3) is 3.55. The monoisotopic (exact) mass is 466 g/mol. The van der Waals surface area contributed by atoms with Crippen LogP contribution in [-0.4, -0.2) is 41.0 Å². The van der Waals surface area contributed by atoms with Crippen molar-refractivity contribution >= 4 is 28.5 Å². The molecule has 33 heavy (non-hydrogen) atoms. The number of nitrogens with zero attached hydrogens (tertiary/aromatic N) is 3. The smallest absolute Gasteiger partial charge is 0.383 e. The molecule has 1 aliphatic rings. The van der Waals surface area contributed by atoms with Gasteiger partial charge in [0.25, 0.3) is 5.66 Å². The second-order valence-corrected chi connectivity index (χ2v) is 7.24. The maximum Gasteiger partial charge on any atom is 0.436 e. The zero-order valence-corrected chi connectivity index (χ0v) is 17.4. The fourth-order valence-corrected chi connectivity index (χ4v) is 3.64. The second-order valence-electron chi connectivity index (χ2n) is 7.24. The standard InChI is InChI=1S/C21H19F5N6O/c1-11(14-5-4-6-16(29-14)27-9-10-33-3)31-20(21(24,25)26)12(2)28-19-30-18-15(32(19)20)8-7-13(22)17(18)23/h4-8,31H,1-2,9-10H2,3H3,(H,27,29)(H,28,30). The first-order valence-corrected chi connectivity index (χ1v) is 9.67. The summed E-state index contributed by atoms with van der Waals surface area (Å²) in [6, 6.07) is 6.48. The summed E-state index contributed by atoms with van der Waals surface area (Å²) in [6.07, 6.45) is -4.99. The van der Waals surface area contributed by atoms with E-state index in [0.717, 1.165) is 12.1 Å². The summed E-state index contributed by atoms with van der Waals surface area (Å²) in [7, 11) is 1.53. The molecule has 0 radical (unpaired) electrons. The van der Waals surface area contributed by atoms with Crippen LogP contribution in [0.3, 0.4) is 0 Å². The van der Waals surface area contributed by atoms with Gasteiger partial charge in [-0.25, -0.2) is 18.7 Å². The van der Waals surface area contributed by atoms with Gasteiger partial charge >= 0.3 is 6.18 Å². The van der Waals surface area contributed by atoms with E-state index in [-0.39, 0.29) is 22.9 Å². The summed E-state index contributed by atoms with van der Waals surface area (Å²) < 4.78 is 77.4. The van der Waals surface area contributed by atoms with Crippen LogP contribution in [0.15, 0.2) is 49.2 Å². The summed E-state index contributed by atoms with van der Waals surface area (Å²) in [5.74, 6) is -2.52. The van der Waals surface area contributed by atoms with Crippen molar-refractivity contribution in [2.24, 2.45) is 0 Å². The summed E-state index contributed by atoms with van der Waals surface area (Å²) in [4.78, 5) is 8.09. The topological polar surface area (TPSA) is 76.0 Å². The van der Waals surface area contributed by atoms with E-state index in [4.69, 9.17) is 4.74 Å². The minimum atomic E-state index is -4.99. The van der Waals surface area contributed by atoms with Gasteiger partial charge in [0.05, 0.1) is 29.2 Å². The van der Waals surface area contributed by atoms with Crippen molar-refractivity contribution in [1.82, 2.24) is 19.9 Å². The molecule has 1 unspecified atom stereocenters. The Bertz CT molecular complexity index is 1250. The van der Waals surface area contributed by atoms with Crippen LogP contribution < -0.4 is 16.0 Å². The maximum absolute atomic E-state index is 14.6. The SMILES string of the molecule is C=C(NC1(C(F)(F)F)C(=C)Nc2nc3c(F)c(F)ccc3n21)c1cccc(NCCOC)n1. The molecular weight excluding hydrogens is 447 g/mol. The molecule has 7 nitrogen and oxygen atoms in total. The molecule has 174 valence electrons. The molecule has 0 bridgehead atoms. The summed E-state index contributed by atoms with van der Waals surface area (Å²) in [5.41, 5.74) is -4.38. The lowest BCUT2D eigenvalue weighted by Gasteiger charge is -2.36. The number of nitrogens with one attached hydrogen (secondary N) is 3. The van der Waals surface area contributed by atoms with Gasteiger partial charge in [0.15, 0.2) is 11.6 Å². The number of hydrogen-bond acceptors (Lipinski definition) is 6. The van der Waals surface area contributed by atoms with Crippen molar-refractivity contribution in [3.8, 4) is 0 Å². The van der Waals surface area contributed by atoms with Gasteiger partial charge in [-0.05, 0) is 24.3 Å². The zero-order chi connectivity index (χ0) is 24.0. The maximum atomic E-state index is 14.6. The molecule has 0 saturated carbocycles. The van der Waals surface area contributed by atoms with Gasteiger partial charge in [-0.15, -0.1) is 0 Å². The lowest BCUT2D eigenvalue weighted by molar-refractivity contribution is -0.203. The van der Waals surface area contributed by atoms with E-state index in [1.807, 2.05) is 0 Å². The lowest BCUT2D eigenvalue weighted by Crippen LogP contribution is -2.56. The Balaban J connectivity index is 1.78. The van der Waals surface area contributed by atoms with Gasteiger partial charge < -0.3 is 20.7 Å². The number of fused-ring (bicyclic) bond motifs is 3. The number of pyridine rings is 1. The Morgan fingerprint density at radius 2 is 1.97 bits per heavy atom. The summed E-state index contributed by atoms with van der Waals surface area (Å²) in [6.45, 7) is 8.08. The molecule has 1 atom stereocenters. The van der Waals surface area contributed by atoms with Crippen molar-refractivity contribution in [2.75, 3.05) is 30.9 Å². The zero-order valence-electron chi connectivity index (χ0n) is 17.4. The molecule has 0 spiro atoms. The van der Waals surface area contributed by atoms with Crippen molar-refractivity contribution in [3.05, 3.63) is 66.5 Å². The van der Waals surface area contributed by atoms with Crippen LogP contribution in [0.25, 0.3) is 16.7 Å². The van der Waals surface area contributed by atoms with Gasteiger partial charge in [-0.2, -0.15) is 13.2 Å². The molecule has 0 fully saturated rings. The normalized spacial score (nSPS) is 17.7. The van der Waals surface area contributed by atoms with Crippen molar-refractivity contribution in [1.29, 1.82) is 0 Å². The van der Waals surface area contributed by atoms with Crippen LogP contribution >= 0.6 is 0 Å². The van der Waals surface area contributed by atoms with Crippen LogP contribution in [0, 0.1) is 11.6 Å². The molecule has 2 aromatic heterocycles. The van der Waals surface area contributed by atoms with Crippen LogP contribution in [0.1, 0.15) is 5.69 Å². The molecule has 1 aliphatic heterocycles. The Morgan fingerprint density at radius 3 is 2.67 bits per heavy atom. The Kier molecular flexibility index (Phi) is 5.48. The third-order valence-corrected chi connectivity index (χ3v) is 5.17.